The number of aryl methyl sites for hydroxylation is 1. The molecule has 0 heterocycles. The summed E-state index contributed by atoms with van der Waals surface area (Å²) in [5.74, 6) is -1.48. The summed E-state index contributed by atoms with van der Waals surface area (Å²) in [6.07, 6.45) is 1.49. The smallest absolute Gasteiger partial charge is 0.313 e. The largest absolute Gasteiger partial charge is 0.394 e. The highest BCUT2D eigenvalue weighted by molar-refractivity contribution is 7.98. The molecule has 0 aliphatic carbocycles. The number of anilines is 1. The molecule has 1 atom stereocenters. The topological polar surface area (TPSA) is 87.7 Å². The van der Waals surface area contributed by atoms with Crippen molar-refractivity contribution in [1.82, 2.24) is 5.32 Å². The van der Waals surface area contributed by atoms with Crippen LogP contribution in [-0.4, -0.2) is 42.9 Å². The van der Waals surface area contributed by atoms with Crippen LogP contribution in [0.1, 0.15) is 17.2 Å². The van der Waals surface area contributed by atoms with E-state index in [1.165, 1.54) is 0 Å². The molecule has 1 unspecified atom stereocenters. The Morgan fingerprint density at radius 3 is 2.56 bits per heavy atom. The predicted molar refractivity (Wildman–Crippen MR) is 107 cm³/mol. The zero-order valence-corrected chi connectivity index (χ0v) is 16.2. The number of aliphatic hydroxyl groups excluding tert-OH is 1. The van der Waals surface area contributed by atoms with Crippen molar-refractivity contribution in [3.63, 3.8) is 0 Å². The maximum Gasteiger partial charge on any atom is 0.313 e. The van der Waals surface area contributed by atoms with Gasteiger partial charge < -0.3 is 20.5 Å². The molecule has 7 heteroatoms. The first-order chi connectivity index (χ1) is 13.0. The van der Waals surface area contributed by atoms with E-state index in [4.69, 9.17) is 9.84 Å². The number of carbonyl (C=O) groups excluding carboxylic acids is 2. The minimum atomic E-state index is -0.741. The summed E-state index contributed by atoms with van der Waals surface area (Å²) < 4.78 is 5.60. The summed E-state index contributed by atoms with van der Waals surface area (Å²) in [7, 11) is 0. The van der Waals surface area contributed by atoms with Crippen LogP contribution in [0.3, 0.4) is 0 Å². The molecule has 2 aromatic rings. The average Bonchev–Trinajstić information content (AvgIpc) is 2.68. The lowest BCUT2D eigenvalue weighted by Gasteiger charge is -2.18. The number of nitrogens with one attached hydrogen (secondary N) is 2. The van der Waals surface area contributed by atoms with E-state index in [1.807, 2.05) is 49.6 Å². The lowest BCUT2D eigenvalue weighted by atomic mass is 10.1. The van der Waals surface area contributed by atoms with Crippen LogP contribution in [0.25, 0.3) is 0 Å². The molecule has 6 nitrogen and oxygen atoms in total. The molecule has 0 aliphatic rings. The zero-order valence-electron chi connectivity index (χ0n) is 15.4. The number of thioether (sulfide) groups is 1. The Hall–Kier alpha value is -2.35. The van der Waals surface area contributed by atoms with Crippen molar-refractivity contribution in [3.05, 3.63) is 59.7 Å². The lowest BCUT2D eigenvalue weighted by Crippen LogP contribution is -2.38. The second-order valence-electron chi connectivity index (χ2n) is 5.89. The average molecular weight is 388 g/mol. The van der Waals surface area contributed by atoms with Crippen LogP contribution in [0.4, 0.5) is 5.69 Å². The Bertz CT molecular complexity index is 765. The molecular formula is C20H24N2O4S. The quantitative estimate of drug-likeness (QED) is 0.478. The molecule has 0 saturated carbocycles. The number of rotatable bonds is 8. The molecule has 0 bridgehead atoms. The first-order valence-corrected chi connectivity index (χ1v) is 9.78. The van der Waals surface area contributed by atoms with Gasteiger partial charge in [0.25, 0.3) is 0 Å². The minimum absolute atomic E-state index is 0.122. The highest BCUT2D eigenvalue weighted by Gasteiger charge is 2.18. The van der Waals surface area contributed by atoms with Crippen LogP contribution < -0.4 is 10.6 Å². The normalized spacial score (nSPS) is 11.7. The van der Waals surface area contributed by atoms with Crippen molar-refractivity contribution in [2.45, 2.75) is 17.9 Å². The second kappa shape index (κ2) is 10.7. The van der Waals surface area contributed by atoms with Gasteiger partial charge in [-0.25, -0.2) is 0 Å². The van der Waals surface area contributed by atoms with E-state index in [1.54, 1.807) is 23.9 Å². The summed E-state index contributed by atoms with van der Waals surface area (Å²) in [6.45, 7) is 2.12. The van der Waals surface area contributed by atoms with Crippen LogP contribution in [-0.2, 0) is 14.3 Å². The summed E-state index contributed by atoms with van der Waals surface area (Å²) in [4.78, 5) is 25.2. The van der Waals surface area contributed by atoms with Crippen LogP contribution >= 0.6 is 11.8 Å². The van der Waals surface area contributed by atoms with Gasteiger partial charge in [0.1, 0.15) is 0 Å². The summed E-state index contributed by atoms with van der Waals surface area (Å²) in [6, 6.07) is 14.9. The van der Waals surface area contributed by atoms with E-state index in [-0.39, 0.29) is 19.8 Å². The Morgan fingerprint density at radius 2 is 1.89 bits per heavy atom. The molecule has 27 heavy (non-hydrogen) atoms. The fraction of sp³-hybridized carbons (Fsp3) is 0.300. The van der Waals surface area contributed by atoms with Crippen LogP contribution in [0, 0.1) is 6.92 Å². The number of aliphatic hydroxyl groups is 1. The highest BCUT2D eigenvalue weighted by atomic mass is 32.2. The fourth-order valence-electron chi connectivity index (χ4n) is 2.40. The van der Waals surface area contributed by atoms with Gasteiger partial charge in [-0.15, -0.1) is 11.8 Å². The number of carbonyl (C=O) groups is 2. The van der Waals surface area contributed by atoms with Gasteiger partial charge in [0.15, 0.2) is 0 Å². The third kappa shape index (κ3) is 6.71. The van der Waals surface area contributed by atoms with Gasteiger partial charge in [0.2, 0.25) is 0 Å². The monoisotopic (exact) mass is 388 g/mol. The number of benzene rings is 2. The van der Waals surface area contributed by atoms with E-state index in [0.29, 0.717) is 5.69 Å². The molecule has 144 valence electrons. The van der Waals surface area contributed by atoms with Gasteiger partial charge in [0, 0.05) is 17.1 Å². The van der Waals surface area contributed by atoms with Gasteiger partial charge in [0.05, 0.1) is 19.3 Å². The Balaban J connectivity index is 1.95. The summed E-state index contributed by atoms with van der Waals surface area (Å²) >= 11 is 1.55. The van der Waals surface area contributed by atoms with E-state index >= 15 is 0 Å². The Labute approximate surface area is 163 Å². The van der Waals surface area contributed by atoms with Gasteiger partial charge in [-0.3, -0.25) is 9.59 Å². The Kier molecular flexibility index (Phi) is 8.32. The van der Waals surface area contributed by atoms with Crippen LogP contribution in [0.5, 0.6) is 0 Å². The Morgan fingerprint density at radius 1 is 1.15 bits per heavy atom. The van der Waals surface area contributed by atoms with E-state index in [0.717, 1.165) is 16.0 Å². The molecule has 2 amide bonds. The molecule has 3 N–H and O–H groups in total. The van der Waals surface area contributed by atoms with E-state index in [2.05, 4.69) is 10.6 Å². The van der Waals surface area contributed by atoms with Crippen molar-refractivity contribution < 1.29 is 19.4 Å². The number of ether oxygens (including phenoxy) is 1. The van der Waals surface area contributed by atoms with Gasteiger partial charge >= 0.3 is 11.8 Å². The molecule has 0 spiro atoms. The molecular weight excluding hydrogens is 364 g/mol. The summed E-state index contributed by atoms with van der Waals surface area (Å²) in [5, 5.41) is 14.2. The maximum atomic E-state index is 12.1. The minimum Gasteiger partial charge on any atom is -0.394 e. The van der Waals surface area contributed by atoms with Crippen LogP contribution in [0.2, 0.25) is 0 Å². The van der Waals surface area contributed by atoms with Gasteiger partial charge in [-0.1, -0.05) is 35.9 Å². The van der Waals surface area contributed by atoms with E-state index in [9.17, 15) is 9.59 Å². The molecule has 0 aromatic heterocycles. The highest BCUT2D eigenvalue weighted by Crippen LogP contribution is 2.19. The second-order valence-corrected chi connectivity index (χ2v) is 6.77. The predicted octanol–water partition coefficient (Wildman–Crippen LogP) is 2.52. The molecule has 0 fully saturated rings. The van der Waals surface area contributed by atoms with Crippen molar-refractivity contribution in [2.75, 3.05) is 31.3 Å². The molecule has 0 saturated heterocycles. The summed E-state index contributed by atoms with van der Waals surface area (Å²) in [5.41, 5.74) is 2.53. The number of hydrogen-bond donors (Lipinski definition) is 3. The molecule has 0 radical (unpaired) electrons. The van der Waals surface area contributed by atoms with Crippen molar-refractivity contribution in [3.8, 4) is 0 Å². The van der Waals surface area contributed by atoms with Gasteiger partial charge in [-0.2, -0.15) is 0 Å². The zero-order chi connectivity index (χ0) is 19.6. The fourth-order valence-corrected chi connectivity index (χ4v) is 2.86. The molecule has 2 aromatic carbocycles. The van der Waals surface area contributed by atoms with Crippen molar-refractivity contribution in [2.24, 2.45) is 0 Å². The standard InChI is InChI=1S/C20H24N2O4S/c1-14-6-8-15(9-7-14)18(26-11-10-23)13-21-19(24)20(25)22-16-4-3-5-17(12-16)27-2/h3-9,12,18,23H,10-11,13H2,1-2H3,(H,21,24)(H,22,25). The van der Waals surface area contributed by atoms with E-state index < -0.39 is 17.9 Å². The third-order valence-electron chi connectivity index (χ3n) is 3.84. The van der Waals surface area contributed by atoms with Crippen LogP contribution in [0.15, 0.2) is 53.4 Å². The molecule has 0 aliphatic heterocycles. The number of amides is 2. The lowest BCUT2D eigenvalue weighted by molar-refractivity contribution is -0.136. The third-order valence-corrected chi connectivity index (χ3v) is 4.57. The SMILES string of the molecule is CSc1cccc(NC(=O)C(=O)NCC(OCCO)c2ccc(C)cc2)c1. The van der Waals surface area contributed by atoms with Crippen molar-refractivity contribution in [1.29, 1.82) is 0 Å². The molecule has 2 rings (SSSR count). The maximum absolute atomic E-state index is 12.1. The first-order valence-electron chi connectivity index (χ1n) is 8.55. The van der Waals surface area contributed by atoms with Gasteiger partial charge in [-0.05, 0) is 36.9 Å². The number of hydrogen-bond acceptors (Lipinski definition) is 5. The first kappa shape index (κ1) is 21.0. The van der Waals surface area contributed by atoms with Crippen molar-refractivity contribution >= 4 is 29.3 Å².